The van der Waals surface area contributed by atoms with Crippen molar-refractivity contribution in [2.75, 3.05) is 13.7 Å². The molecular formula is C54H75NO13Si. The Morgan fingerprint density at radius 3 is 2.17 bits per heavy atom. The second-order valence-electron chi connectivity index (χ2n) is 23.8. The summed E-state index contributed by atoms with van der Waals surface area (Å²) in [5.74, 6) is -1.50. The molecule has 10 fully saturated rings. The van der Waals surface area contributed by atoms with Crippen LogP contribution in [0.2, 0.25) is 18.1 Å². The summed E-state index contributed by atoms with van der Waals surface area (Å²) in [4.78, 5) is 43.6. The molecule has 11 aliphatic heterocycles. The highest BCUT2D eigenvalue weighted by atomic mass is 28.4. The summed E-state index contributed by atoms with van der Waals surface area (Å²) in [5.41, 5.74) is 2.95. The molecule has 14 nitrogen and oxygen atoms in total. The molecule has 0 saturated carbocycles. The Bertz CT molecular complexity index is 2160. The molecule has 378 valence electrons. The first-order valence-electron chi connectivity index (χ1n) is 26.2. The number of ketones is 1. The van der Waals surface area contributed by atoms with Crippen molar-refractivity contribution in [3.05, 3.63) is 59.7 Å². The van der Waals surface area contributed by atoms with Crippen LogP contribution >= 0.6 is 0 Å². The number of amides is 2. The number of carbonyl (C=O) groups is 3. The standard InChI is InChI=1S/C54H75NO13Si/c1-28-20-32-14-16-39-29(2)21-34(60-39)18-19-54-26-44-47(66-54)48-49(65-44)50(67-54)46-40(64-48)17-15-33(62-46)22-31(56)23-38-42(25-41(61-32)30(28)3)63-43(45(38)59-7)24-35(68-69(8,9)53(4,5)6)27-55-51(57)36-12-10-11-13-37(36)52(55)58/h10-13,28,32-35,38-50H,2-3,14-27H2,1,4-9H3/t28-,32+,33?,34+,35+,38+,39?,40+,41?,42+,43?,44+,45-,46+,47+,48+,49-,50+,54?/m1/s1. The van der Waals surface area contributed by atoms with E-state index >= 15 is 0 Å². The van der Waals surface area contributed by atoms with Gasteiger partial charge >= 0.3 is 0 Å². The molecule has 0 radical (unpaired) electrons. The molecule has 0 N–H and O–H groups in total. The van der Waals surface area contributed by atoms with Crippen LogP contribution in [0.3, 0.4) is 0 Å². The Labute approximate surface area is 408 Å². The fourth-order valence-electron chi connectivity index (χ4n) is 13.5. The van der Waals surface area contributed by atoms with E-state index in [0.29, 0.717) is 43.2 Å². The van der Waals surface area contributed by atoms with E-state index in [-0.39, 0.29) is 121 Å². The average Bonchev–Trinajstić information content (AvgIpc) is 4.03. The monoisotopic (exact) mass is 974 g/mol. The van der Waals surface area contributed by atoms with Gasteiger partial charge in [-0.1, -0.05) is 53.0 Å². The number of methoxy groups -OCH3 is 1. The Hall–Kier alpha value is -2.67. The van der Waals surface area contributed by atoms with Crippen molar-refractivity contribution in [1.82, 2.24) is 4.90 Å². The zero-order valence-electron chi connectivity index (χ0n) is 41.8. The van der Waals surface area contributed by atoms with Gasteiger partial charge in [0.1, 0.15) is 36.3 Å². The first kappa shape index (κ1) is 48.6. The van der Waals surface area contributed by atoms with Crippen LogP contribution in [0, 0.1) is 11.8 Å². The lowest BCUT2D eigenvalue weighted by atomic mass is 9.81. The summed E-state index contributed by atoms with van der Waals surface area (Å²) in [6, 6.07) is 6.97. The number of Topliss-reactive ketones (excluding diaryl/α,β-unsaturated/α-hetero) is 1. The molecule has 0 aromatic heterocycles. The first-order valence-corrected chi connectivity index (χ1v) is 29.1. The predicted octanol–water partition coefficient (Wildman–Crippen LogP) is 7.81. The molecule has 12 bridgehead atoms. The number of fused-ring (bicyclic) bond motifs is 7. The maximum Gasteiger partial charge on any atom is 0.261 e. The molecule has 11 heterocycles. The summed E-state index contributed by atoms with van der Waals surface area (Å²) < 4.78 is 68.8. The van der Waals surface area contributed by atoms with E-state index in [1.54, 1.807) is 31.4 Å². The van der Waals surface area contributed by atoms with E-state index in [4.69, 9.17) is 47.1 Å². The second-order valence-corrected chi connectivity index (χ2v) is 28.6. The molecule has 11 aliphatic rings. The van der Waals surface area contributed by atoms with Crippen molar-refractivity contribution < 1.29 is 61.4 Å². The van der Waals surface area contributed by atoms with Crippen LogP contribution in [0.15, 0.2) is 48.6 Å². The number of benzene rings is 1. The van der Waals surface area contributed by atoms with Gasteiger partial charge in [0, 0.05) is 51.6 Å². The minimum absolute atomic E-state index is 0.0150. The van der Waals surface area contributed by atoms with Crippen molar-refractivity contribution in [2.45, 2.75) is 233 Å². The van der Waals surface area contributed by atoms with Crippen LogP contribution in [-0.4, -0.2) is 148 Å². The highest BCUT2D eigenvalue weighted by molar-refractivity contribution is 6.74. The van der Waals surface area contributed by atoms with E-state index in [9.17, 15) is 14.4 Å². The molecule has 0 aliphatic carbocycles. The van der Waals surface area contributed by atoms with Gasteiger partial charge in [0.2, 0.25) is 0 Å². The molecule has 69 heavy (non-hydrogen) atoms. The predicted molar refractivity (Wildman–Crippen MR) is 255 cm³/mol. The van der Waals surface area contributed by atoms with Gasteiger partial charge in [-0.3, -0.25) is 19.3 Å². The van der Waals surface area contributed by atoms with Crippen molar-refractivity contribution in [3.63, 3.8) is 0 Å². The molecule has 1 aromatic rings. The van der Waals surface area contributed by atoms with Gasteiger partial charge in [0.25, 0.3) is 11.8 Å². The van der Waals surface area contributed by atoms with Crippen LogP contribution in [0.4, 0.5) is 0 Å². The summed E-state index contributed by atoms with van der Waals surface area (Å²) in [5, 5.41) is -0.153. The Kier molecular flexibility index (Phi) is 12.9. The number of hydrogen-bond acceptors (Lipinski definition) is 13. The fourth-order valence-corrected chi connectivity index (χ4v) is 14.9. The SMILES string of the molecule is C=C1C[C@@H]2CCC34C[C@@H]5O[C@@H]6[C@@H](O[C@H]7CCC(CC(=O)C[C@H]8[C@H](CC9O[C@@H](CCC1O2)C[C@@H](C)C9=C)OC(C[C@@H](CN1C(=O)c2ccccc2C1=O)O[Si](C)(C)C(C)(C)C)[C@@H]8OC)O[C@@H]7[C@@H]6O3)[C@H]5O4. The molecule has 12 rings (SSSR count). The number of carbonyl (C=O) groups excluding carboxylic acids is 3. The van der Waals surface area contributed by atoms with E-state index in [1.165, 1.54) is 4.90 Å². The maximum absolute atomic E-state index is 14.7. The summed E-state index contributed by atoms with van der Waals surface area (Å²) >= 11 is 0. The van der Waals surface area contributed by atoms with Crippen LogP contribution in [0.25, 0.3) is 0 Å². The maximum atomic E-state index is 14.7. The van der Waals surface area contributed by atoms with Gasteiger partial charge in [-0.25, -0.2) is 0 Å². The van der Waals surface area contributed by atoms with Crippen molar-refractivity contribution >= 4 is 25.9 Å². The topological polar surface area (TPSA) is 147 Å². The normalized spacial score (nSPS) is 43.8. The highest BCUT2D eigenvalue weighted by Gasteiger charge is 2.69. The van der Waals surface area contributed by atoms with Crippen molar-refractivity contribution in [2.24, 2.45) is 11.8 Å². The Balaban J connectivity index is 0.882. The smallest absolute Gasteiger partial charge is 0.261 e. The first-order chi connectivity index (χ1) is 32.9. The quantitative estimate of drug-likeness (QED) is 0.149. The summed E-state index contributed by atoms with van der Waals surface area (Å²) in [6.07, 6.45) is 3.69. The Morgan fingerprint density at radius 2 is 1.43 bits per heavy atom. The van der Waals surface area contributed by atoms with E-state index in [1.807, 2.05) is 0 Å². The number of nitrogens with zero attached hydrogens (tertiary/aromatic N) is 1. The number of ether oxygens (including phenoxy) is 9. The minimum Gasteiger partial charge on any atom is -0.412 e. The number of rotatable bonds is 7. The van der Waals surface area contributed by atoms with Gasteiger partial charge < -0.3 is 47.1 Å². The second kappa shape index (κ2) is 18.4. The molecule has 5 unspecified atom stereocenters. The molecule has 1 spiro atoms. The third kappa shape index (κ3) is 8.93. The lowest BCUT2D eigenvalue weighted by Gasteiger charge is -2.47. The van der Waals surface area contributed by atoms with Gasteiger partial charge in [0.15, 0.2) is 14.1 Å². The van der Waals surface area contributed by atoms with Crippen LogP contribution in [-0.2, 0) is 51.9 Å². The van der Waals surface area contributed by atoms with Gasteiger partial charge in [-0.05, 0) is 92.3 Å². The lowest BCUT2D eigenvalue weighted by Crippen LogP contribution is -2.61. The molecule has 10 saturated heterocycles. The Morgan fingerprint density at radius 1 is 0.754 bits per heavy atom. The van der Waals surface area contributed by atoms with Crippen molar-refractivity contribution in [1.29, 1.82) is 0 Å². The highest BCUT2D eigenvalue weighted by Crippen LogP contribution is 2.55. The van der Waals surface area contributed by atoms with E-state index in [2.05, 4.69) is 53.9 Å². The zero-order chi connectivity index (χ0) is 48.3. The van der Waals surface area contributed by atoms with Crippen LogP contribution in [0.1, 0.15) is 132 Å². The van der Waals surface area contributed by atoms with Gasteiger partial charge in [0.05, 0.1) is 84.8 Å². The van der Waals surface area contributed by atoms with Gasteiger partial charge in [-0.15, -0.1) is 0 Å². The fraction of sp³-hybridized carbons (Fsp3) is 0.759. The number of hydrogen-bond donors (Lipinski definition) is 0. The lowest BCUT2D eigenvalue weighted by molar-refractivity contribution is -0.292. The summed E-state index contributed by atoms with van der Waals surface area (Å²) in [6.45, 7) is 22.3. The molecule has 19 atom stereocenters. The minimum atomic E-state index is -2.46. The molecule has 2 amide bonds. The van der Waals surface area contributed by atoms with E-state index < -0.39 is 44.6 Å². The average molecular weight is 974 g/mol. The van der Waals surface area contributed by atoms with E-state index in [0.717, 1.165) is 49.7 Å². The largest absolute Gasteiger partial charge is 0.412 e. The molecule has 1 aromatic carbocycles. The third-order valence-electron chi connectivity index (χ3n) is 18.2. The van der Waals surface area contributed by atoms with Crippen LogP contribution < -0.4 is 0 Å². The number of imide groups is 1. The molecule has 15 heteroatoms. The van der Waals surface area contributed by atoms with Crippen LogP contribution in [0.5, 0.6) is 0 Å². The summed E-state index contributed by atoms with van der Waals surface area (Å²) in [7, 11) is -0.776. The van der Waals surface area contributed by atoms with Gasteiger partial charge in [-0.2, -0.15) is 0 Å². The third-order valence-corrected chi connectivity index (χ3v) is 22.8. The zero-order valence-corrected chi connectivity index (χ0v) is 42.8. The van der Waals surface area contributed by atoms with Crippen molar-refractivity contribution in [3.8, 4) is 0 Å². The molecular weight excluding hydrogens is 899 g/mol.